The van der Waals surface area contributed by atoms with Gasteiger partial charge in [-0.25, -0.2) is 0 Å². The summed E-state index contributed by atoms with van der Waals surface area (Å²) < 4.78 is 1.05. The Morgan fingerprint density at radius 2 is 1.77 bits per heavy atom. The first-order valence-electron chi connectivity index (χ1n) is 4.04. The van der Waals surface area contributed by atoms with Gasteiger partial charge in [0.15, 0.2) is 5.78 Å². The van der Waals surface area contributed by atoms with Gasteiger partial charge in [0.2, 0.25) is 0 Å². The highest BCUT2D eigenvalue weighted by Gasteiger charge is 1.96. The second-order valence-corrected chi connectivity index (χ2v) is 3.86. The number of halogens is 1. The van der Waals surface area contributed by atoms with Crippen LogP contribution in [0.15, 0.2) is 34.8 Å². The van der Waals surface area contributed by atoms with Crippen LogP contribution < -0.4 is 0 Å². The van der Waals surface area contributed by atoms with Crippen molar-refractivity contribution in [2.75, 3.05) is 0 Å². The number of benzene rings is 1. The Kier molecular flexibility index (Phi) is 3.43. The van der Waals surface area contributed by atoms with Crippen LogP contribution in [0.4, 0.5) is 0 Å². The highest BCUT2D eigenvalue weighted by Crippen LogP contribution is 2.17. The van der Waals surface area contributed by atoms with Crippen molar-refractivity contribution in [2.45, 2.75) is 13.8 Å². The molecule has 68 valence electrons. The third-order valence-corrected chi connectivity index (χ3v) is 2.25. The second kappa shape index (κ2) is 4.38. The zero-order valence-electron chi connectivity index (χ0n) is 7.67. The lowest BCUT2D eigenvalue weighted by molar-refractivity contribution is -0.112. The lowest BCUT2D eigenvalue weighted by atomic mass is 10.1. The van der Waals surface area contributed by atoms with Crippen LogP contribution in [0.1, 0.15) is 19.4 Å². The maximum Gasteiger partial charge on any atom is 0.152 e. The van der Waals surface area contributed by atoms with Gasteiger partial charge in [0.05, 0.1) is 0 Å². The van der Waals surface area contributed by atoms with Crippen molar-refractivity contribution < 1.29 is 4.79 Å². The Morgan fingerprint density at radius 3 is 2.23 bits per heavy atom. The standard InChI is InChI=1S/C11H11BrO/c1-8(7-9(2)13)10-3-5-11(12)6-4-10/h3-7H,1-2H3/b8-7+. The van der Waals surface area contributed by atoms with E-state index in [1.807, 2.05) is 31.2 Å². The zero-order chi connectivity index (χ0) is 9.84. The van der Waals surface area contributed by atoms with E-state index in [1.165, 1.54) is 0 Å². The molecule has 0 aliphatic carbocycles. The molecule has 0 fully saturated rings. The lowest BCUT2D eigenvalue weighted by Gasteiger charge is -2.00. The number of carbonyl (C=O) groups excluding carboxylic acids is 1. The molecule has 0 amide bonds. The van der Waals surface area contributed by atoms with E-state index >= 15 is 0 Å². The van der Waals surface area contributed by atoms with Gasteiger partial charge in [0, 0.05) is 4.47 Å². The van der Waals surface area contributed by atoms with Crippen LogP contribution in [-0.4, -0.2) is 5.78 Å². The molecule has 1 aromatic rings. The van der Waals surface area contributed by atoms with Crippen LogP contribution in [0, 0.1) is 0 Å². The molecule has 0 unspecified atom stereocenters. The molecule has 2 heteroatoms. The van der Waals surface area contributed by atoms with Crippen LogP contribution in [0.25, 0.3) is 5.57 Å². The smallest absolute Gasteiger partial charge is 0.152 e. The Balaban J connectivity index is 2.96. The van der Waals surface area contributed by atoms with Crippen molar-refractivity contribution in [3.63, 3.8) is 0 Å². The van der Waals surface area contributed by atoms with Crippen LogP contribution >= 0.6 is 15.9 Å². The van der Waals surface area contributed by atoms with Crippen molar-refractivity contribution in [2.24, 2.45) is 0 Å². The fourth-order valence-electron chi connectivity index (χ4n) is 1.10. The Morgan fingerprint density at radius 1 is 1.23 bits per heavy atom. The number of allylic oxidation sites excluding steroid dienone is 2. The van der Waals surface area contributed by atoms with Crippen molar-refractivity contribution >= 4 is 27.3 Å². The SMILES string of the molecule is CC(=O)/C=C(\C)c1ccc(Br)cc1. The third kappa shape index (κ3) is 3.15. The summed E-state index contributed by atoms with van der Waals surface area (Å²) in [6, 6.07) is 7.90. The topological polar surface area (TPSA) is 17.1 Å². The fourth-order valence-corrected chi connectivity index (χ4v) is 1.37. The third-order valence-electron chi connectivity index (χ3n) is 1.72. The number of hydrogen-bond donors (Lipinski definition) is 0. The molecule has 1 aromatic carbocycles. The fraction of sp³-hybridized carbons (Fsp3) is 0.182. The normalized spacial score (nSPS) is 11.5. The van der Waals surface area contributed by atoms with Crippen molar-refractivity contribution in [1.29, 1.82) is 0 Å². The molecule has 0 aliphatic heterocycles. The summed E-state index contributed by atoms with van der Waals surface area (Å²) in [6.07, 6.45) is 1.64. The van der Waals surface area contributed by atoms with Gasteiger partial charge in [-0.15, -0.1) is 0 Å². The van der Waals surface area contributed by atoms with E-state index in [2.05, 4.69) is 15.9 Å². The largest absolute Gasteiger partial charge is 0.295 e. The van der Waals surface area contributed by atoms with Crippen LogP contribution in [-0.2, 0) is 4.79 Å². The van der Waals surface area contributed by atoms with E-state index < -0.39 is 0 Å². The van der Waals surface area contributed by atoms with Crippen LogP contribution in [0.2, 0.25) is 0 Å². The first-order chi connectivity index (χ1) is 6.09. The molecule has 0 saturated carbocycles. The van der Waals surface area contributed by atoms with E-state index in [0.717, 1.165) is 15.6 Å². The van der Waals surface area contributed by atoms with Gasteiger partial charge in [0.1, 0.15) is 0 Å². The molecule has 0 saturated heterocycles. The number of hydrogen-bond acceptors (Lipinski definition) is 1. The van der Waals surface area contributed by atoms with Crippen molar-refractivity contribution in [3.8, 4) is 0 Å². The molecule has 13 heavy (non-hydrogen) atoms. The number of carbonyl (C=O) groups is 1. The van der Waals surface area contributed by atoms with Gasteiger partial charge in [-0.05, 0) is 43.2 Å². The van der Waals surface area contributed by atoms with Gasteiger partial charge in [-0.2, -0.15) is 0 Å². The van der Waals surface area contributed by atoms with E-state index in [-0.39, 0.29) is 5.78 Å². The summed E-state index contributed by atoms with van der Waals surface area (Å²) in [6.45, 7) is 3.49. The summed E-state index contributed by atoms with van der Waals surface area (Å²) >= 11 is 3.36. The molecule has 1 nitrogen and oxygen atoms in total. The molecule has 0 N–H and O–H groups in total. The monoisotopic (exact) mass is 238 g/mol. The molecular weight excluding hydrogens is 228 g/mol. The highest BCUT2D eigenvalue weighted by molar-refractivity contribution is 9.10. The summed E-state index contributed by atoms with van der Waals surface area (Å²) in [4.78, 5) is 10.8. The van der Waals surface area contributed by atoms with Gasteiger partial charge in [-0.3, -0.25) is 4.79 Å². The molecule has 0 aliphatic rings. The predicted molar refractivity (Wildman–Crippen MR) is 58.5 cm³/mol. The minimum Gasteiger partial charge on any atom is -0.295 e. The van der Waals surface area contributed by atoms with Gasteiger partial charge in [0.25, 0.3) is 0 Å². The highest BCUT2D eigenvalue weighted by atomic mass is 79.9. The quantitative estimate of drug-likeness (QED) is 0.722. The van der Waals surface area contributed by atoms with E-state index in [4.69, 9.17) is 0 Å². The average molecular weight is 239 g/mol. The lowest BCUT2D eigenvalue weighted by Crippen LogP contribution is -1.85. The molecule has 1 rings (SSSR count). The molecule has 0 heterocycles. The van der Waals surface area contributed by atoms with Crippen molar-refractivity contribution in [1.82, 2.24) is 0 Å². The molecular formula is C11H11BrO. The number of ketones is 1. The summed E-state index contributed by atoms with van der Waals surface area (Å²) in [5.41, 5.74) is 2.08. The summed E-state index contributed by atoms with van der Waals surface area (Å²) in [7, 11) is 0. The van der Waals surface area contributed by atoms with E-state index in [1.54, 1.807) is 13.0 Å². The maximum absolute atomic E-state index is 10.8. The van der Waals surface area contributed by atoms with Crippen LogP contribution in [0.5, 0.6) is 0 Å². The van der Waals surface area contributed by atoms with Crippen molar-refractivity contribution in [3.05, 3.63) is 40.4 Å². The first-order valence-corrected chi connectivity index (χ1v) is 4.83. The summed E-state index contributed by atoms with van der Waals surface area (Å²) in [5.74, 6) is 0.0837. The maximum atomic E-state index is 10.8. The van der Waals surface area contributed by atoms with Gasteiger partial charge >= 0.3 is 0 Å². The minimum absolute atomic E-state index is 0.0837. The summed E-state index contributed by atoms with van der Waals surface area (Å²) in [5, 5.41) is 0. The Bertz CT molecular complexity index is 336. The van der Waals surface area contributed by atoms with Crippen LogP contribution in [0.3, 0.4) is 0 Å². The molecule has 0 atom stereocenters. The first kappa shape index (κ1) is 10.2. The Labute approximate surface area is 86.6 Å². The number of rotatable bonds is 2. The Hall–Kier alpha value is -0.890. The van der Waals surface area contributed by atoms with E-state index in [0.29, 0.717) is 0 Å². The predicted octanol–water partition coefficient (Wildman–Crippen LogP) is 3.44. The van der Waals surface area contributed by atoms with Gasteiger partial charge in [-0.1, -0.05) is 28.1 Å². The molecule has 0 bridgehead atoms. The second-order valence-electron chi connectivity index (χ2n) is 2.94. The zero-order valence-corrected chi connectivity index (χ0v) is 9.26. The molecule has 0 spiro atoms. The van der Waals surface area contributed by atoms with Gasteiger partial charge < -0.3 is 0 Å². The molecule has 0 radical (unpaired) electrons. The molecule has 0 aromatic heterocycles. The average Bonchev–Trinajstić information content (AvgIpc) is 2.04. The minimum atomic E-state index is 0.0837. The van der Waals surface area contributed by atoms with E-state index in [9.17, 15) is 4.79 Å².